The van der Waals surface area contributed by atoms with Gasteiger partial charge in [-0.3, -0.25) is 14.5 Å². The molecule has 1 aromatic carbocycles. The van der Waals surface area contributed by atoms with Crippen LogP contribution < -0.4 is 9.47 Å². The van der Waals surface area contributed by atoms with Crippen LogP contribution in [0.1, 0.15) is 45.7 Å². The second-order valence-electron chi connectivity index (χ2n) is 6.74. The Balaban J connectivity index is 2.14. The third kappa shape index (κ3) is 3.94. The number of carbonyl (C=O) groups is 3. The molecule has 2 aliphatic rings. The van der Waals surface area contributed by atoms with Crippen molar-refractivity contribution in [3.8, 4) is 11.5 Å². The molecule has 1 saturated heterocycles. The number of methoxy groups -OCH3 is 1. The zero-order chi connectivity index (χ0) is 22.0. The van der Waals surface area contributed by atoms with Crippen molar-refractivity contribution in [2.24, 2.45) is 4.99 Å². The van der Waals surface area contributed by atoms with E-state index in [0.29, 0.717) is 34.2 Å². The molecule has 2 aliphatic heterocycles. The Labute approximate surface area is 179 Å². The molecule has 1 aromatic rings. The highest BCUT2D eigenvalue weighted by Gasteiger charge is 2.47. The van der Waals surface area contributed by atoms with Gasteiger partial charge in [-0.1, -0.05) is 24.8 Å². The van der Waals surface area contributed by atoms with Crippen molar-refractivity contribution >= 4 is 34.8 Å². The van der Waals surface area contributed by atoms with Gasteiger partial charge in [-0.25, -0.2) is 9.79 Å². The smallest absolute Gasteiger partial charge is 0.338 e. The van der Waals surface area contributed by atoms with Gasteiger partial charge in [0.25, 0.3) is 0 Å². The van der Waals surface area contributed by atoms with Gasteiger partial charge in [-0.05, 0) is 38.0 Å². The summed E-state index contributed by atoms with van der Waals surface area (Å²) in [6, 6.07) is 4.24. The Morgan fingerprint density at radius 3 is 2.57 bits per heavy atom. The van der Waals surface area contributed by atoms with Gasteiger partial charge in [0.05, 0.1) is 36.3 Å². The van der Waals surface area contributed by atoms with Crippen LogP contribution >= 0.6 is 11.8 Å². The van der Waals surface area contributed by atoms with Crippen LogP contribution in [0, 0.1) is 0 Å². The molecule has 9 heteroatoms. The van der Waals surface area contributed by atoms with Crippen LogP contribution in [0.2, 0.25) is 0 Å². The summed E-state index contributed by atoms with van der Waals surface area (Å²) in [5, 5.41) is 0.299. The molecule has 2 atom stereocenters. The number of amides is 1. The van der Waals surface area contributed by atoms with Gasteiger partial charge in [-0.15, -0.1) is 0 Å². The first-order chi connectivity index (χ1) is 14.3. The number of carbonyl (C=O) groups excluding carboxylic acids is 3. The normalized spacial score (nSPS) is 20.6. The topological polar surface area (TPSA) is 94.5 Å². The van der Waals surface area contributed by atoms with Crippen LogP contribution in [0.4, 0.5) is 0 Å². The molecule has 2 unspecified atom stereocenters. The maximum Gasteiger partial charge on any atom is 0.338 e. The van der Waals surface area contributed by atoms with Crippen molar-refractivity contribution < 1.29 is 28.6 Å². The monoisotopic (exact) mass is 432 g/mol. The van der Waals surface area contributed by atoms with Gasteiger partial charge >= 0.3 is 11.9 Å². The fraction of sp³-hybridized carbons (Fsp3) is 0.429. The van der Waals surface area contributed by atoms with E-state index < -0.39 is 18.0 Å². The van der Waals surface area contributed by atoms with E-state index >= 15 is 0 Å². The number of ether oxygens (including phenoxy) is 3. The number of allylic oxidation sites excluding steroid dienone is 1. The third-order valence-electron chi connectivity index (χ3n) is 4.77. The molecule has 3 rings (SSSR count). The van der Waals surface area contributed by atoms with Crippen LogP contribution in [0.25, 0.3) is 0 Å². The van der Waals surface area contributed by atoms with E-state index in [1.807, 2.05) is 6.92 Å². The Kier molecular flexibility index (Phi) is 6.50. The lowest BCUT2D eigenvalue weighted by molar-refractivity contribution is -0.139. The summed E-state index contributed by atoms with van der Waals surface area (Å²) in [5.74, 6) is -0.537. The highest BCUT2D eigenvalue weighted by molar-refractivity contribution is 8.15. The molecular formula is C21H24N2O6S. The number of aliphatic imine (C=N–C) groups is 1. The van der Waals surface area contributed by atoms with Gasteiger partial charge in [0.15, 0.2) is 16.7 Å². The molecular weight excluding hydrogens is 408 g/mol. The fourth-order valence-electron chi connectivity index (χ4n) is 3.47. The number of hydrogen-bond acceptors (Lipinski definition) is 8. The minimum absolute atomic E-state index is 0.108. The summed E-state index contributed by atoms with van der Waals surface area (Å²) in [5.41, 5.74) is 1.43. The van der Waals surface area contributed by atoms with Crippen LogP contribution in [-0.4, -0.2) is 46.9 Å². The summed E-state index contributed by atoms with van der Waals surface area (Å²) in [7, 11) is 1.46. The van der Waals surface area contributed by atoms with Gasteiger partial charge in [-0.2, -0.15) is 0 Å². The number of thioether (sulfide) groups is 1. The number of amidine groups is 1. The number of esters is 2. The lowest BCUT2D eigenvalue weighted by atomic mass is 9.94. The molecule has 1 fully saturated rings. The molecule has 0 N–H and O–H groups in total. The molecule has 0 saturated carbocycles. The predicted molar refractivity (Wildman–Crippen MR) is 112 cm³/mol. The maximum atomic E-state index is 13.1. The van der Waals surface area contributed by atoms with E-state index in [4.69, 9.17) is 14.2 Å². The Hall–Kier alpha value is -2.81. The zero-order valence-electron chi connectivity index (χ0n) is 17.6. The number of hydrogen-bond donors (Lipinski definition) is 0. The fourth-order valence-corrected chi connectivity index (χ4v) is 4.60. The highest BCUT2D eigenvalue weighted by atomic mass is 32.2. The largest absolute Gasteiger partial charge is 0.493 e. The lowest BCUT2D eigenvalue weighted by Crippen LogP contribution is -2.40. The summed E-state index contributed by atoms with van der Waals surface area (Å²) < 4.78 is 15.8. The Morgan fingerprint density at radius 2 is 1.97 bits per heavy atom. The first-order valence-corrected chi connectivity index (χ1v) is 10.5. The van der Waals surface area contributed by atoms with Crippen LogP contribution in [-0.2, 0) is 19.1 Å². The van der Waals surface area contributed by atoms with E-state index in [9.17, 15) is 14.4 Å². The molecule has 2 heterocycles. The number of rotatable bonds is 6. The van der Waals surface area contributed by atoms with Crippen LogP contribution in [0.3, 0.4) is 0 Å². The average molecular weight is 432 g/mol. The molecule has 30 heavy (non-hydrogen) atoms. The summed E-state index contributed by atoms with van der Waals surface area (Å²) in [6.45, 7) is 6.90. The Morgan fingerprint density at radius 1 is 1.23 bits per heavy atom. The summed E-state index contributed by atoms with van der Waals surface area (Å²) >= 11 is 1.39. The van der Waals surface area contributed by atoms with Gasteiger partial charge in [0, 0.05) is 6.92 Å². The molecule has 0 spiro atoms. The molecule has 160 valence electrons. The van der Waals surface area contributed by atoms with E-state index in [-0.39, 0.29) is 23.5 Å². The summed E-state index contributed by atoms with van der Waals surface area (Å²) in [4.78, 5) is 43.4. The second kappa shape index (κ2) is 8.91. The molecule has 8 nitrogen and oxygen atoms in total. The van der Waals surface area contributed by atoms with Crippen molar-refractivity contribution in [2.45, 2.75) is 45.4 Å². The second-order valence-corrected chi connectivity index (χ2v) is 7.91. The van der Waals surface area contributed by atoms with Gasteiger partial charge in [0.1, 0.15) is 0 Å². The van der Waals surface area contributed by atoms with Crippen molar-refractivity contribution in [2.75, 3.05) is 13.7 Å². The number of benzene rings is 1. The van der Waals surface area contributed by atoms with Crippen molar-refractivity contribution in [1.29, 1.82) is 0 Å². The molecule has 1 amide bonds. The molecule has 0 aliphatic carbocycles. The minimum Gasteiger partial charge on any atom is -0.493 e. The maximum absolute atomic E-state index is 13.1. The lowest BCUT2D eigenvalue weighted by Gasteiger charge is -2.33. The third-order valence-corrected chi connectivity index (χ3v) is 6.09. The number of nitrogens with zero attached hydrogens (tertiary/aromatic N) is 2. The SMILES string of the molecule is CCOC(=O)C1=C(C)N=C2SC(CC)C(=O)N2C1c1ccc(OC(C)=O)c(OC)c1. The van der Waals surface area contributed by atoms with E-state index in [1.165, 1.54) is 25.8 Å². The molecule has 0 bridgehead atoms. The minimum atomic E-state index is -0.714. The standard InChI is InChI=1S/C21H24N2O6S/c1-6-16-19(25)23-18(13-8-9-14(29-12(4)24)15(10-13)27-5)17(20(26)28-7-2)11(3)22-21(23)30-16/h8-10,16,18H,6-7H2,1-5H3. The highest BCUT2D eigenvalue weighted by Crippen LogP contribution is 2.45. The quantitative estimate of drug-likeness (QED) is 0.503. The first-order valence-electron chi connectivity index (χ1n) is 9.64. The van der Waals surface area contributed by atoms with Crippen molar-refractivity contribution in [3.05, 3.63) is 35.0 Å². The van der Waals surface area contributed by atoms with Gasteiger partial charge in [0.2, 0.25) is 5.91 Å². The summed E-state index contributed by atoms with van der Waals surface area (Å²) in [6.07, 6.45) is 0.647. The van der Waals surface area contributed by atoms with E-state index in [2.05, 4.69) is 4.99 Å². The Bertz CT molecular complexity index is 955. The van der Waals surface area contributed by atoms with Crippen molar-refractivity contribution in [1.82, 2.24) is 4.90 Å². The predicted octanol–water partition coefficient (Wildman–Crippen LogP) is 3.22. The molecule has 0 radical (unpaired) electrons. The van der Waals surface area contributed by atoms with Crippen molar-refractivity contribution in [3.63, 3.8) is 0 Å². The zero-order valence-corrected chi connectivity index (χ0v) is 18.4. The van der Waals surface area contributed by atoms with Gasteiger partial charge < -0.3 is 14.2 Å². The van der Waals surface area contributed by atoms with E-state index in [0.717, 1.165) is 0 Å². The number of fused-ring (bicyclic) bond motifs is 1. The molecule has 0 aromatic heterocycles. The van der Waals surface area contributed by atoms with Crippen LogP contribution in [0.15, 0.2) is 34.5 Å². The first kappa shape index (κ1) is 21.9. The average Bonchev–Trinajstić information content (AvgIpc) is 3.02. The van der Waals surface area contributed by atoms with E-state index in [1.54, 1.807) is 36.9 Å². The van der Waals surface area contributed by atoms with Crippen LogP contribution in [0.5, 0.6) is 11.5 Å².